The molecule has 1 fully saturated rings. The average Bonchev–Trinajstić information content (AvgIpc) is 2.71. The molecule has 2 heterocycles. The number of carbonyl (C=O) groups is 1. The summed E-state index contributed by atoms with van der Waals surface area (Å²) in [5.74, 6) is 0.327. The van der Waals surface area contributed by atoms with E-state index in [1.54, 1.807) is 10.8 Å². The molecule has 1 aliphatic heterocycles. The molecule has 7 heteroatoms. The van der Waals surface area contributed by atoms with E-state index in [1.807, 2.05) is 24.3 Å². The van der Waals surface area contributed by atoms with Crippen LogP contribution < -0.4 is 16.2 Å². The van der Waals surface area contributed by atoms with Crippen molar-refractivity contribution in [1.82, 2.24) is 14.8 Å². The van der Waals surface area contributed by atoms with Gasteiger partial charge in [-0.25, -0.2) is 4.79 Å². The number of morpholine rings is 1. The lowest BCUT2D eigenvalue weighted by Crippen LogP contribution is -2.48. The van der Waals surface area contributed by atoms with Crippen LogP contribution in [0.3, 0.4) is 0 Å². The predicted octanol–water partition coefficient (Wildman–Crippen LogP) is 2.89. The third-order valence-corrected chi connectivity index (χ3v) is 5.21. The summed E-state index contributed by atoms with van der Waals surface area (Å²) in [7, 11) is 0. The van der Waals surface area contributed by atoms with Crippen molar-refractivity contribution in [2.24, 2.45) is 5.92 Å². The first kappa shape index (κ1) is 21.3. The molecule has 1 saturated heterocycles. The highest BCUT2D eigenvalue weighted by Crippen LogP contribution is 2.21. The summed E-state index contributed by atoms with van der Waals surface area (Å²) < 4.78 is 7.08. The minimum Gasteiger partial charge on any atom is -0.379 e. The fraction of sp³-hybridized carbons (Fsp3) is 0.545. The Kier molecular flexibility index (Phi) is 7.28. The molecule has 0 aliphatic carbocycles. The van der Waals surface area contributed by atoms with E-state index in [4.69, 9.17) is 4.74 Å². The quantitative estimate of drug-likeness (QED) is 0.749. The minimum atomic E-state index is -0.245. The van der Waals surface area contributed by atoms with E-state index in [-0.39, 0.29) is 17.6 Å². The Morgan fingerprint density at radius 1 is 1.14 bits per heavy atom. The Hall–Kier alpha value is -2.38. The van der Waals surface area contributed by atoms with E-state index >= 15 is 0 Å². The first-order valence-electron chi connectivity index (χ1n) is 10.5. The van der Waals surface area contributed by atoms with Crippen LogP contribution in [0.4, 0.5) is 10.5 Å². The summed E-state index contributed by atoms with van der Waals surface area (Å²) in [4.78, 5) is 27.8. The van der Waals surface area contributed by atoms with Crippen LogP contribution in [-0.4, -0.2) is 54.4 Å². The number of hydrogen-bond acceptors (Lipinski definition) is 4. The lowest BCUT2D eigenvalue weighted by Gasteiger charge is -2.30. The summed E-state index contributed by atoms with van der Waals surface area (Å²) in [5.41, 5.74) is 0.624. The number of benzene rings is 1. The molecule has 158 valence electrons. The van der Waals surface area contributed by atoms with Crippen LogP contribution in [0.2, 0.25) is 0 Å². The summed E-state index contributed by atoms with van der Waals surface area (Å²) in [6, 6.07) is 7.22. The molecule has 1 aromatic carbocycles. The highest BCUT2D eigenvalue weighted by atomic mass is 16.5. The second-order valence-corrected chi connectivity index (χ2v) is 8.06. The third kappa shape index (κ3) is 5.58. The zero-order valence-electron chi connectivity index (χ0n) is 17.6. The van der Waals surface area contributed by atoms with Gasteiger partial charge in [0.2, 0.25) is 0 Å². The monoisotopic (exact) mass is 400 g/mol. The average molecular weight is 401 g/mol. The van der Waals surface area contributed by atoms with Gasteiger partial charge in [0.05, 0.1) is 18.9 Å². The van der Waals surface area contributed by atoms with Gasteiger partial charge in [-0.3, -0.25) is 9.69 Å². The number of nitrogens with one attached hydrogen (secondary N) is 2. The molecule has 29 heavy (non-hydrogen) atoms. The molecule has 0 saturated carbocycles. The number of hydrogen-bond donors (Lipinski definition) is 2. The van der Waals surface area contributed by atoms with E-state index in [0.717, 1.165) is 44.7 Å². The zero-order chi connectivity index (χ0) is 20.8. The van der Waals surface area contributed by atoms with Crippen molar-refractivity contribution in [3.8, 4) is 0 Å². The molecule has 1 aliphatic rings. The number of fused-ring (bicyclic) bond motifs is 1. The third-order valence-electron chi connectivity index (χ3n) is 5.21. The molecular formula is C22H32N4O3. The summed E-state index contributed by atoms with van der Waals surface area (Å²) in [6.07, 6.45) is 2.60. The lowest BCUT2D eigenvalue weighted by atomic mass is 10.1. The Balaban J connectivity index is 1.76. The van der Waals surface area contributed by atoms with E-state index in [9.17, 15) is 9.59 Å². The Labute approximate surface area is 172 Å². The molecule has 0 bridgehead atoms. The van der Waals surface area contributed by atoms with Crippen molar-refractivity contribution in [3.05, 3.63) is 40.8 Å². The maximum absolute atomic E-state index is 12.8. The van der Waals surface area contributed by atoms with Gasteiger partial charge in [-0.05, 0) is 18.4 Å². The van der Waals surface area contributed by atoms with Crippen molar-refractivity contribution in [3.63, 3.8) is 0 Å². The molecule has 2 amide bonds. The van der Waals surface area contributed by atoms with Crippen molar-refractivity contribution < 1.29 is 9.53 Å². The van der Waals surface area contributed by atoms with Crippen LogP contribution in [0.5, 0.6) is 0 Å². The molecule has 2 aromatic rings. The standard InChI is InChI=1S/C22H32N4O3/c1-4-17(14-25-9-11-29-12-10-25)23-22(28)24-20-15-26(13-16(2)3)21(27)19-8-6-5-7-18(19)20/h5-8,15-17H,4,9-14H2,1-3H3,(H2,23,24,28)/t17-/m0/s1. The van der Waals surface area contributed by atoms with Gasteiger partial charge in [-0.1, -0.05) is 39.0 Å². The Morgan fingerprint density at radius 3 is 2.48 bits per heavy atom. The molecule has 1 aromatic heterocycles. The SMILES string of the molecule is CC[C@@H](CN1CCOCC1)NC(=O)Nc1cn(CC(C)C)c(=O)c2ccccc12. The second kappa shape index (κ2) is 9.89. The largest absolute Gasteiger partial charge is 0.379 e. The summed E-state index contributed by atoms with van der Waals surface area (Å²) in [5, 5.41) is 7.43. The number of amides is 2. The lowest BCUT2D eigenvalue weighted by molar-refractivity contribution is 0.0340. The van der Waals surface area contributed by atoms with Crippen LogP contribution >= 0.6 is 0 Å². The molecule has 7 nitrogen and oxygen atoms in total. The second-order valence-electron chi connectivity index (χ2n) is 8.06. The first-order valence-corrected chi connectivity index (χ1v) is 10.5. The first-order chi connectivity index (χ1) is 14.0. The summed E-state index contributed by atoms with van der Waals surface area (Å²) >= 11 is 0. The van der Waals surface area contributed by atoms with Crippen LogP contribution in [0.25, 0.3) is 10.8 Å². The summed E-state index contributed by atoms with van der Waals surface area (Å²) in [6.45, 7) is 10.9. The topological polar surface area (TPSA) is 75.6 Å². The van der Waals surface area contributed by atoms with Crippen molar-refractivity contribution in [2.75, 3.05) is 38.2 Å². The van der Waals surface area contributed by atoms with Gasteiger partial charge in [0.15, 0.2) is 0 Å². The fourth-order valence-corrected chi connectivity index (χ4v) is 3.69. The van der Waals surface area contributed by atoms with Gasteiger partial charge >= 0.3 is 6.03 Å². The molecular weight excluding hydrogens is 368 g/mol. The molecule has 1 atom stereocenters. The smallest absolute Gasteiger partial charge is 0.319 e. The number of anilines is 1. The van der Waals surface area contributed by atoms with Gasteiger partial charge in [-0.15, -0.1) is 0 Å². The van der Waals surface area contributed by atoms with Crippen molar-refractivity contribution >= 4 is 22.5 Å². The minimum absolute atomic E-state index is 0.0287. The van der Waals surface area contributed by atoms with E-state index in [2.05, 4.69) is 36.3 Å². The van der Waals surface area contributed by atoms with Crippen molar-refractivity contribution in [2.45, 2.75) is 39.8 Å². The number of rotatable bonds is 7. The van der Waals surface area contributed by atoms with Gasteiger partial charge < -0.3 is 19.9 Å². The van der Waals surface area contributed by atoms with Crippen LogP contribution in [0.15, 0.2) is 35.3 Å². The van der Waals surface area contributed by atoms with Crippen molar-refractivity contribution in [1.29, 1.82) is 0 Å². The van der Waals surface area contributed by atoms with Gasteiger partial charge in [-0.2, -0.15) is 0 Å². The number of aromatic nitrogens is 1. The Morgan fingerprint density at radius 2 is 1.83 bits per heavy atom. The number of carbonyl (C=O) groups excluding carboxylic acids is 1. The number of nitrogens with zero attached hydrogens (tertiary/aromatic N) is 2. The fourth-order valence-electron chi connectivity index (χ4n) is 3.69. The van der Waals surface area contributed by atoms with Gasteiger partial charge in [0.25, 0.3) is 5.56 Å². The highest BCUT2D eigenvalue weighted by molar-refractivity contribution is 6.01. The van der Waals surface area contributed by atoms with Crippen LogP contribution in [0.1, 0.15) is 27.2 Å². The zero-order valence-corrected chi connectivity index (χ0v) is 17.6. The van der Waals surface area contributed by atoms with E-state index in [0.29, 0.717) is 23.5 Å². The maximum atomic E-state index is 12.8. The number of ether oxygens (including phenoxy) is 1. The van der Waals surface area contributed by atoms with Gasteiger partial charge in [0.1, 0.15) is 0 Å². The Bertz CT molecular complexity index is 887. The molecule has 0 unspecified atom stereocenters. The molecule has 0 radical (unpaired) electrons. The van der Waals surface area contributed by atoms with Gasteiger partial charge in [0, 0.05) is 49.2 Å². The highest BCUT2D eigenvalue weighted by Gasteiger charge is 2.18. The number of pyridine rings is 1. The van der Waals surface area contributed by atoms with E-state index in [1.165, 1.54) is 0 Å². The number of urea groups is 1. The molecule has 3 rings (SSSR count). The maximum Gasteiger partial charge on any atom is 0.319 e. The van der Waals surface area contributed by atoms with E-state index < -0.39 is 0 Å². The molecule has 2 N–H and O–H groups in total. The van der Waals surface area contributed by atoms with Crippen LogP contribution in [0, 0.1) is 5.92 Å². The molecule has 0 spiro atoms. The van der Waals surface area contributed by atoms with Crippen LogP contribution in [-0.2, 0) is 11.3 Å². The normalized spacial score (nSPS) is 16.1. The predicted molar refractivity (Wildman–Crippen MR) is 117 cm³/mol.